The minimum absolute atomic E-state index is 0.00249. The van der Waals surface area contributed by atoms with Crippen LogP contribution in [-0.4, -0.2) is 50.2 Å². The molecule has 4 nitrogen and oxygen atoms in total. The van der Waals surface area contributed by atoms with Gasteiger partial charge in [-0.25, -0.2) is 4.39 Å². The first-order chi connectivity index (χ1) is 9.58. The minimum atomic E-state index is -0.554. The first-order valence-electron chi connectivity index (χ1n) is 6.61. The Kier molecular flexibility index (Phi) is 5.34. The lowest BCUT2D eigenvalue weighted by Crippen LogP contribution is -2.40. The number of amides is 1. The van der Waals surface area contributed by atoms with E-state index in [1.54, 1.807) is 7.05 Å². The van der Waals surface area contributed by atoms with Gasteiger partial charge in [0.25, 0.3) is 5.91 Å². The highest BCUT2D eigenvalue weighted by atomic mass is 35.5. The zero-order chi connectivity index (χ0) is 14.5. The molecule has 1 saturated heterocycles. The van der Waals surface area contributed by atoms with Crippen molar-refractivity contribution < 1.29 is 13.9 Å². The van der Waals surface area contributed by atoms with E-state index in [9.17, 15) is 9.18 Å². The summed E-state index contributed by atoms with van der Waals surface area (Å²) in [5.74, 6) is -0.921. The number of carbonyl (C=O) groups is 1. The molecular formula is C14H18ClFN2O2. The second-order valence-electron chi connectivity index (χ2n) is 4.84. The Balaban J connectivity index is 1.92. The summed E-state index contributed by atoms with van der Waals surface area (Å²) in [5.41, 5.74) is 0.00249. The number of ether oxygens (including phenoxy) is 1. The summed E-state index contributed by atoms with van der Waals surface area (Å²) >= 11 is 5.80. The average molecular weight is 301 g/mol. The summed E-state index contributed by atoms with van der Waals surface area (Å²) in [4.78, 5) is 13.7. The van der Waals surface area contributed by atoms with Gasteiger partial charge in [0.05, 0.1) is 18.3 Å². The van der Waals surface area contributed by atoms with E-state index < -0.39 is 5.82 Å². The Bertz CT molecular complexity index is 478. The Morgan fingerprint density at radius 3 is 3.10 bits per heavy atom. The van der Waals surface area contributed by atoms with Gasteiger partial charge in [0.2, 0.25) is 0 Å². The molecule has 110 valence electrons. The smallest absolute Gasteiger partial charge is 0.256 e. The number of benzene rings is 1. The summed E-state index contributed by atoms with van der Waals surface area (Å²) in [5, 5.41) is 3.58. The molecule has 0 saturated carbocycles. The van der Waals surface area contributed by atoms with Crippen LogP contribution in [0, 0.1) is 5.82 Å². The summed E-state index contributed by atoms with van der Waals surface area (Å²) < 4.78 is 19.2. The van der Waals surface area contributed by atoms with Crippen LogP contribution in [0.25, 0.3) is 0 Å². The molecule has 0 aliphatic carbocycles. The van der Waals surface area contributed by atoms with Crippen LogP contribution in [0.1, 0.15) is 16.8 Å². The summed E-state index contributed by atoms with van der Waals surface area (Å²) in [6.45, 7) is 2.84. The molecule has 1 amide bonds. The highest BCUT2D eigenvalue weighted by Crippen LogP contribution is 2.16. The molecule has 0 radical (unpaired) electrons. The summed E-state index contributed by atoms with van der Waals surface area (Å²) in [6.07, 6.45) is 0.820. The van der Waals surface area contributed by atoms with E-state index in [-0.39, 0.29) is 17.6 Å². The lowest BCUT2D eigenvalue weighted by Gasteiger charge is -2.26. The van der Waals surface area contributed by atoms with Gasteiger partial charge < -0.3 is 15.0 Å². The van der Waals surface area contributed by atoms with Crippen molar-refractivity contribution in [1.29, 1.82) is 0 Å². The van der Waals surface area contributed by atoms with E-state index in [1.807, 2.05) is 0 Å². The van der Waals surface area contributed by atoms with Crippen LogP contribution in [0.4, 0.5) is 4.39 Å². The molecule has 1 unspecified atom stereocenters. The number of hydrogen-bond donors (Lipinski definition) is 1. The third kappa shape index (κ3) is 3.91. The van der Waals surface area contributed by atoms with Crippen LogP contribution < -0.4 is 5.32 Å². The molecule has 1 aromatic rings. The van der Waals surface area contributed by atoms with E-state index in [0.29, 0.717) is 18.2 Å². The Hall–Kier alpha value is -1.17. The van der Waals surface area contributed by atoms with Crippen molar-refractivity contribution in [3.05, 3.63) is 34.6 Å². The third-order valence-electron chi connectivity index (χ3n) is 3.30. The number of carbonyl (C=O) groups excluding carboxylic acids is 1. The van der Waals surface area contributed by atoms with Crippen LogP contribution >= 0.6 is 11.6 Å². The topological polar surface area (TPSA) is 41.6 Å². The molecule has 6 heteroatoms. The van der Waals surface area contributed by atoms with Gasteiger partial charge in [-0.3, -0.25) is 4.79 Å². The maximum absolute atomic E-state index is 13.6. The molecule has 20 heavy (non-hydrogen) atoms. The summed E-state index contributed by atoms with van der Waals surface area (Å²) in [6, 6.07) is 3.99. The fourth-order valence-corrected chi connectivity index (χ4v) is 2.28. The first-order valence-corrected chi connectivity index (χ1v) is 6.98. The molecule has 1 heterocycles. The molecule has 2 rings (SSSR count). The lowest BCUT2D eigenvalue weighted by molar-refractivity contribution is 0.0187. The predicted octanol–water partition coefficient (Wildman–Crippen LogP) is 1.93. The van der Waals surface area contributed by atoms with Gasteiger partial charge >= 0.3 is 0 Å². The van der Waals surface area contributed by atoms with Crippen LogP contribution in [0.5, 0.6) is 0 Å². The average Bonchev–Trinajstić information content (AvgIpc) is 2.47. The normalized spacial score (nSPS) is 18.9. The molecule has 0 spiro atoms. The molecule has 0 aromatic heterocycles. The molecule has 0 bridgehead atoms. The Morgan fingerprint density at radius 2 is 2.40 bits per heavy atom. The largest absolute Gasteiger partial charge is 0.376 e. The Morgan fingerprint density at radius 1 is 1.60 bits per heavy atom. The van der Waals surface area contributed by atoms with Crippen molar-refractivity contribution in [3.63, 3.8) is 0 Å². The van der Waals surface area contributed by atoms with Gasteiger partial charge in [0.1, 0.15) is 5.82 Å². The zero-order valence-corrected chi connectivity index (χ0v) is 12.1. The second-order valence-corrected chi connectivity index (χ2v) is 5.27. The molecule has 1 atom stereocenters. The van der Waals surface area contributed by atoms with Crippen LogP contribution in [0.3, 0.4) is 0 Å². The maximum atomic E-state index is 13.6. The number of halogens is 2. The van der Waals surface area contributed by atoms with Crippen LogP contribution in [0.2, 0.25) is 5.02 Å². The van der Waals surface area contributed by atoms with Gasteiger partial charge in [0, 0.05) is 31.7 Å². The quantitative estimate of drug-likeness (QED) is 0.924. The number of nitrogens with one attached hydrogen (secondary N) is 1. The minimum Gasteiger partial charge on any atom is -0.376 e. The van der Waals surface area contributed by atoms with E-state index in [2.05, 4.69) is 5.32 Å². The van der Waals surface area contributed by atoms with E-state index in [0.717, 1.165) is 19.5 Å². The summed E-state index contributed by atoms with van der Waals surface area (Å²) in [7, 11) is 1.65. The fraction of sp³-hybridized carbons (Fsp3) is 0.500. The molecule has 1 aliphatic rings. The van der Waals surface area contributed by atoms with E-state index in [1.165, 1.54) is 23.1 Å². The molecule has 1 fully saturated rings. The fourth-order valence-electron chi connectivity index (χ4n) is 2.11. The second kappa shape index (κ2) is 7.02. The number of hydrogen-bond acceptors (Lipinski definition) is 3. The van der Waals surface area contributed by atoms with Crippen molar-refractivity contribution in [2.45, 2.75) is 12.5 Å². The van der Waals surface area contributed by atoms with Crippen LogP contribution in [-0.2, 0) is 4.74 Å². The Labute approximate surface area is 122 Å². The molecule has 1 aliphatic heterocycles. The van der Waals surface area contributed by atoms with E-state index >= 15 is 0 Å². The monoisotopic (exact) mass is 300 g/mol. The predicted molar refractivity (Wildman–Crippen MR) is 75.6 cm³/mol. The van der Waals surface area contributed by atoms with Gasteiger partial charge in [-0.05, 0) is 24.6 Å². The molecule has 1 aromatic carbocycles. The molecule has 1 N–H and O–H groups in total. The van der Waals surface area contributed by atoms with Crippen LogP contribution in [0.15, 0.2) is 18.2 Å². The maximum Gasteiger partial charge on any atom is 0.256 e. The standard InChI is InChI=1S/C14H18ClFN2O2/c1-18(6-4-11-9-17-5-7-20-11)14(19)12-8-10(15)2-3-13(12)16/h2-3,8,11,17H,4-7,9H2,1H3. The first kappa shape index (κ1) is 15.2. The zero-order valence-electron chi connectivity index (χ0n) is 11.4. The SMILES string of the molecule is CN(CCC1CNCCO1)C(=O)c1cc(Cl)ccc1F. The van der Waals surface area contributed by atoms with Gasteiger partial charge in [-0.15, -0.1) is 0 Å². The van der Waals surface area contributed by atoms with Gasteiger partial charge in [-0.1, -0.05) is 11.6 Å². The van der Waals surface area contributed by atoms with Crippen molar-refractivity contribution >= 4 is 17.5 Å². The van der Waals surface area contributed by atoms with E-state index in [4.69, 9.17) is 16.3 Å². The number of rotatable bonds is 4. The van der Waals surface area contributed by atoms with Crippen molar-refractivity contribution in [3.8, 4) is 0 Å². The third-order valence-corrected chi connectivity index (χ3v) is 3.53. The van der Waals surface area contributed by atoms with Crippen molar-refractivity contribution in [2.75, 3.05) is 33.3 Å². The highest BCUT2D eigenvalue weighted by Gasteiger charge is 2.19. The van der Waals surface area contributed by atoms with Gasteiger partial charge in [-0.2, -0.15) is 0 Å². The number of nitrogens with zero attached hydrogens (tertiary/aromatic N) is 1. The lowest BCUT2D eigenvalue weighted by atomic mass is 10.1. The van der Waals surface area contributed by atoms with Crippen molar-refractivity contribution in [2.24, 2.45) is 0 Å². The van der Waals surface area contributed by atoms with Crippen molar-refractivity contribution in [1.82, 2.24) is 10.2 Å². The highest BCUT2D eigenvalue weighted by molar-refractivity contribution is 6.30. The number of morpholine rings is 1. The van der Waals surface area contributed by atoms with Gasteiger partial charge in [0.15, 0.2) is 0 Å². The molecular weight excluding hydrogens is 283 g/mol.